The van der Waals surface area contributed by atoms with Crippen molar-refractivity contribution in [3.8, 4) is 27.9 Å². The molecule has 1 amide bonds. The third-order valence-electron chi connectivity index (χ3n) is 12.0. The first-order valence-corrected chi connectivity index (χ1v) is 18.9. The highest BCUT2D eigenvalue weighted by Gasteiger charge is 2.50. The highest BCUT2D eigenvalue weighted by atomic mass is 32.2. The summed E-state index contributed by atoms with van der Waals surface area (Å²) in [7, 11) is 0. The number of thioether (sulfide) groups is 1. The minimum absolute atomic E-state index is 0.113. The van der Waals surface area contributed by atoms with Gasteiger partial charge in [0.25, 0.3) is 0 Å². The van der Waals surface area contributed by atoms with E-state index in [1.165, 1.54) is 43.1 Å². The van der Waals surface area contributed by atoms with Gasteiger partial charge in [-0.1, -0.05) is 105 Å². The smallest absolute Gasteiger partial charge is 0.309 e. The summed E-state index contributed by atoms with van der Waals surface area (Å²) in [4.78, 5) is 29.6. The van der Waals surface area contributed by atoms with Crippen molar-refractivity contribution in [3.63, 3.8) is 0 Å². The van der Waals surface area contributed by atoms with E-state index < -0.39 is 0 Å². The van der Waals surface area contributed by atoms with Gasteiger partial charge in [0.05, 0.1) is 26.6 Å². The SMILES string of the molecule is CC1(C)c2ccccc2-c2cc3c4ccccc4n(-c4ccc5c(c4)SC4C=Cc6c7n(c(=O)c8ccc(-c9ccccc9)cc68)C(=O)[N+]5=C74)c3cc21. The zero-order valence-corrected chi connectivity index (χ0v) is 29.7. The summed E-state index contributed by atoms with van der Waals surface area (Å²) in [5, 5.41) is 3.74. The number of benzene rings is 6. The fourth-order valence-corrected chi connectivity index (χ4v) is 10.7. The van der Waals surface area contributed by atoms with Crippen LogP contribution in [-0.4, -0.2) is 30.7 Å². The van der Waals surface area contributed by atoms with Gasteiger partial charge in [-0.15, -0.1) is 16.3 Å². The maximum atomic E-state index is 14.4. The van der Waals surface area contributed by atoms with Crippen molar-refractivity contribution >= 4 is 67.8 Å². The standard InChI is InChI=1S/C47H30N3O2S/c1-47(2)36-14-8-6-12-29(36)34-24-35-30-13-7-9-15-38(30)48(40(35)25-37(34)47)28-17-20-39-42(23-28)53-41-21-19-31-33-22-27(26-10-4-3-5-11-26)16-18-32(33)45(51)50-43(31)44(41)49(39)46(50)52/h3-25,41H,1-2H3/q+1. The van der Waals surface area contributed by atoms with Crippen LogP contribution >= 0.6 is 11.8 Å². The number of para-hydroxylation sites is 1. The lowest BCUT2D eigenvalue weighted by atomic mass is 9.82. The van der Waals surface area contributed by atoms with Gasteiger partial charge in [0.1, 0.15) is 5.69 Å². The van der Waals surface area contributed by atoms with Crippen molar-refractivity contribution in [1.82, 2.24) is 9.13 Å². The van der Waals surface area contributed by atoms with Gasteiger partial charge < -0.3 is 4.57 Å². The monoisotopic (exact) mass is 700 g/mol. The second kappa shape index (κ2) is 10.00. The van der Waals surface area contributed by atoms with Crippen LogP contribution in [0.5, 0.6) is 0 Å². The molecule has 12 rings (SSSR count). The van der Waals surface area contributed by atoms with E-state index >= 15 is 0 Å². The highest BCUT2D eigenvalue weighted by molar-refractivity contribution is 8.01. The molecule has 1 atom stereocenters. The Morgan fingerprint density at radius 2 is 1.45 bits per heavy atom. The maximum Gasteiger partial charge on any atom is 0.512 e. The van der Waals surface area contributed by atoms with Gasteiger partial charge in [-0.05, 0) is 81.9 Å². The van der Waals surface area contributed by atoms with E-state index in [-0.39, 0.29) is 22.3 Å². The van der Waals surface area contributed by atoms with Crippen molar-refractivity contribution in [1.29, 1.82) is 0 Å². The first-order chi connectivity index (χ1) is 25.9. The quantitative estimate of drug-likeness (QED) is 0.169. The average Bonchev–Trinajstić information content (AvgIpc) is 3.77. The molecular weight excluding hydrogens is 671 g/mol. The molecule has 0 saturated heterocycles. The van der Waals surface area contributed by atoms with E-state index in [4.69, 9.17) is 0 Å². The lowest BCUT2D eigenvalue weighted by molar-refractivity contribution is -0.332. The van der Waals surface area contributed by atoms with E-state index in [2.05, 4.69) is 128 Å². The lowest BCUT2D eigenvalue weighted by Crippen LogP contribution is -2.29. The average molecular weight is 701 g/mol. The Morgan fingerprint density at radius 3 is 2.34 bits per heavy atom. The summed E-state index contributed by atoms with van der Waals surface area (Å²) >= 11 is 1.74. The summed E-state index contributed by atoms with van der Waals surface area (Å²) in [6.45, 7) is 4.65. The number of aromatic nitrogens is 2. The lowest BCUT2D eigenvalue weighted by Gasteiger charge is -2.24. The normalized spacial score (nSPS) is 17.1. The predicted octanol–water partition coefficient (Wildman–Crippen LogP) is 10.7. The van der Waals surface area contributed by atoms with Gasteiger partial charge in [0.2, 0.25) is 0 Å². The Hall–Kier alpha value is -6.24. The Balaban J connectivity index is 1.05. The van der Waals surface area contributed by atoms with E-state index in [1.54, 1.807) is 16.3 Å². The van der Waals surface area contributed by atoms with Crippen molar-refractivity contribution < 1.29 is 9.37 Å². The summed E-state index contributed by atoms with van der Waals surface area (Å²) < 4.78 is 5.57. The topological polar surface area (TPSA) is 47.0 Å². The number of amides is 1. The first-order valence-electron chi connectivity index (χ1n) is 18.1. The molecule has 5 nitrogen and oxygen atoms in total. The third-order valence-corrected chi connectivity index (χ3v) is 13.2. The van der Waals surface area contributed by atoms with Crippen LogP contribution < -0.4 is 5.56 Å². The molecule has 8 aromatic rings. The van der Waals surface area contributed by atoms with Crippen molar-refractivity contribution in [2.24, 2.45) is 0 Å². The fourth-order valence-electron chi connectivity index (χ4n) is 9.51. The molecule has 0 radical (unpaired) electrons. The minimum atomic E-state index is -0.312. The van der Waals surface area contributed by atoms with Crippen LogP contribution in [0, 0.1) is 0 Å². The molecule has 0 N–H and O–H groups in total. The summed E-state index contributed by atoms with van der Waals surface area (Å²) in [6, 6.07) is 44.5. The number of nitrogens with zero attached hydrogens (tertiary/aromatic N) is 3. The molecule has 0 saturated carbocycles. The minimum Gasteiger partial charge on any atom is -0.309 e. The predicted molar refractivity (Wildman–Crippen MR) is 215 cm³/mol. The second-order valence-corrected chi connectivity index (χ2v) is 16.2. The molecule has 2 aliphatic heterocycles. The Labute approximate surface area is 308 Å². The molecule has 4 aliphatic rings. The number of hydrogen-bond donors (Lipinski definition) is 0. The molecule has 4 heterocycles. The number of fused-ring (bicyclic) bond motifs is 10. The Morgan fingerprint density at radius 1 is 0.642 bits per heavy atom. The van der Waals surface area contributed by atoms with Crippen molar-refractivity contribution in [3.05, 3.63) is 166 Å². The van der Waals surface area contributed by atoms with E-state index in [9.17, 15) is 9.59 Å². The maximum absolute atomic E-state index is 14.4. The van der Waals surface area contributed by atoms with Crippen molar-refractivity contribution in [2.45, 2.75) is 29.4 Å². The van der Waals surface area contributed by atoms with Gasteiger partial charge >= 0.3 is 11.6 Å². The Bertz CT molecular complexity index is 3160. The van der Waals surface area contributed by atoms with Gasteiger partial charge in [-0.2, -0.15) is 9.37 Å². The number of rotatable bonds is 2. The van der Waals surface area contributed by atoms with Gasteiger partial charge in [-0.3, -0.25) is 0 Å². The molecule has 53 heavy (non-hydrogen) atoms. The third kappa shape index (κ3) is 3.66. The number of carbonyl (C=O) groups excluding carboxylic acids is 1. The molecule has 0 fully saturated rings. The molecule has 1 unspecified atom stereocenters. The largest absolute Gasteiger partial charge is 0.512 e. The van der Waals surface area contributed by atoms with Crippen LogP contribution in [-0.2, 0) is 5.41 Å². The molecule has 0 spiro atoms. The van der Waals surface area contributed by atoms with Gasteiger partial charge in [0.15, 0.2) is 11.4 Å². The molecule has 2 aliphatic carbocycles. The van der Waals surface area contributed by atoms with Crippen LogP contribution in [0.25, 0.3) is 66.6 Å². The number of pyridine rings is 1. The van der Waals surface area contributed by atoms with Crippen LogP contribution in [0.2, 0.25) is 0 Å². The molecule has 0 bridgehead atoms. The van der Waals surface area contributed by atoms with Crippen LogP contribution in [0.15, 0.2) is 143 Å². The molecule has 250 valence electrons. The van der Waals surface area contributed by atoms with Crippen molar-refractivity contribution in [2.75, 3.05) is 0 Å². The number of hydrogen-bond acceptors (Lipinski definition) is 3. The van der Waals surface area contributed by atoms with Crippen LogP contribution in [0.1, 0.15) is 36.2 Å². The van der Waals surface area contributed by atoms with Gasteiger partial charge in [-0.25, -0.2) is 4.79 Å². The number of carbonyl (C=O) groups is 1. The first kappa shape index (κ1) is 29.3. The molecule has 2 aromatic heterocycles. The highest BCUT2D eigenvalue weighted by Crippen LogP contribution is 2.52. The molecule has 6 heteroatoms. The zero-order valence-electron chi connectivity index (χ0n) is 28.9. The fraction of sp³-hybridized carbons (Fsp3) is 0.0851. The summed E-state index contributed by atoms with van der Waals surface area (Å²) in [5.41, 5.74) is 13.7. The zero-order chi connectivity index (χ0) is 35.3. The molecular formula is C47H30N3O2S+. The van der Waals surface area contributed by atoms with Crippen LogP contribution in [0.3, 0.4) is 0 Å². The van der Waals surface area contributed by atoms with E-state index in [0.717, 1.165) is 49.6 Å². The Kier molecular flexibility index (Phi) is 5.54. The second-order valence-electron chi connectivity index (χ2n) is 15.0. The summed E-state index contributed by atoms with van der Waals surface area (Å²) in [6.07, 6.45) is 4.30. The van der Waals surface area contributed by atoms with E-state index in [0.29, 0.717) is 11.1 Å². The molecule has 6 aromatic carbocycles. The van der Waals surface area contributed by atoms with E-state index in [1.807, 2.05) is 30.3 Å². The van der Waals surface area contributed by atoms with Gasteiger partial charge in [0, 0.05) is 32.8 Å². The summed E-state index contributed by atoms with van der Waals surface area (Å²) in [5.74, 6) is 0. The van der Waals surface area contributed by atoms with Crippen LogP contribution in [0.4, 0.5) is 10.5 Å².